The molecule has 35 N–H and O–H groups in total. The molecule has 0 unspecified atom stereocenters. The highest BCUT2D eigenvalue weighted by molar-refractivity contribution is 6.00. The van der Waals surface area contributed by atoms with E-state index in [9.17, 15) is 81.8 Å². The highest BCUT2D eigenvalue weighted by atomic mass is 16.4. The van der Waals surface area contributed by atoms with Gasteiger partial charge in [-0.2, -0.15) is 0 Å². The van der Waals surface area contributed by atoms with Crippen molar-refractivity contribution in [1.29, 1.82) is 0 Å². The molecule has 45 nitrogen and oxygen atoms in total. The number of aliphatic imine (C=N–C) groups is 3. The Morgan fingerprint density at radius 1 is 0.417 bits per heavy atom. The smallest absolute Gasteiger partial charge is 0.326 e. The van der Waals surface area contributed by atoms with Gasteiger partial charge in [0.2, 0.25) is 88.6 Å². The van der Waals surface area contributed by atoms with E-state index in [0.717, 1.165) is 0 Å². The van der Waals surface area contributed by atoms with Gasteiger partial charge < -0.3 is 142 Å². The molecule has 0 aromatic rings. The van der Waals surface area contributed by atoms with Crippen LogP contribution in [-0.2, 0) is 76.7 Å². The Morgan fingerprint density at radius 3 is 1.28 bits per heavy atom. The molecule has 120 heavy (non-hydrogen) atoms. The Hall–Kier alpha value is -10.8. The summed E-state index contributed by atoms with van der Waals surface area (Å²) in [6.07, 6.45) is 4.35. The van der Waals surface area contributed by atoms with Gasteiger partial charge in [-0.05, 0) is 173 Å². The molecule has 45 heteroatoms. The third-order valence-electron chi connectivity index (χ3n) is 20.2. The number of primary amides is 1. The topological polar surface area (TPSA) is 767 Å². The summed E-state index contributed by atoms with van der Waals surface area (Å²) >= 11 is 0. The van der Waals surface area contributed by atoms with E-state index in [-0.39, 0.29) is 140 Å². The Morgan fingerprint density at radius 2 is 0.817 bits per heavy atom. The molecule has 680 valence electrons. The third kappa shape index (κ3) is 39.8. The highest BCUT2D eigenvalue weighted by Crippen LogP contribution is 2.27. The number of carboxylic acid groups (broad SMARTS) is 1. The minimum atomic E-state index is -1.57. The van der Waals surface area contributed by atoms with Crippen LogP contribution in [0.5, 0.6) is 0 Å². The zero-order chi connectivity index (χ0) is 90.3. The quantitative estimate of drug-likeness (QED) is 0.0153. The highest BCUT2D eigenvalue weighted by Gasteiger charge is 2.45. The molecule has 0 aromatic heterocycles. The summed E-state index contributed by atoms with van der Waals surface area (Å²) in [5, 5.41) is 40.7. The van der Waals surface area contributed by atoms with Crippen molar-refractivity contribution in [3.63, 3.8) is 0 Å². The van der Waals surface area contributed by atoms with Gasteiger partial charge in [0.15, 0.2) is 17.9 Å². The number of carboxylic acids is 1. The first kappa shape index (κ1) is 105. The number of nitrogens with two attached hydrogens (primary N) is 11. The van der Waals surface area contributed by atoms with Gasteiger partial charge in [0.05, 0.1) is 19.1 Å². The number of unbranched alkanes of at least 4 members (excludes halogenated alkanes) is 3. The van der Waals surface area contributed by atoms with E-state index in [1.165, 1.54) is 16.7 Å². The second-order valence-electron chi connectivity index (χ2n) is 31.0. The second kappa shape index (κ2) is 56.6. The van der Waals surface area contributed by atoms with E-state index in [2.05, 4.69) is 78.8 Å². The molecule has 2 rings (SSSR count). The lowest BCUT2D eigenvalue weighted by molar-refractivity contribution is -0.148. The van der Waals surface area contributed by atoms with Crippen LogP contribution in [-0.4, -0.2) is 271 Å². The number of aliphatic carboxylic acids is 1. The Bertz CT molecular complexity index is 3460. The fourth-order valence-electron chi connectivity index (χ4n) is 13.3. The molecule has 0 spiro atoms. The van der Waals surface area contributed by atoms with Crippen LogP contribution in [0.4, 0.5) is 0 Å². The minimum Gasteiger partial charge on any atom is -0.480 e. The standard InChI is InChI=1S/C75H138N28O17/c1-8-43(6)59(69(116)91-40-57(106)93-46(23-15-33-87-73(81)82)63(110)92-44(7)60(107)95-47(21-10-13-31-77)64(111)96-49(24-16-34-88-74(83)84)66(113)100-58(42(4)5)72(119)120)101-67(114)50(28-29-55(80)104)94-56(105)39-90-62(109)52(38-41(2)3)99-65(112)48(22-11-14-32-78)97-68(115)53-26-18-36-102(53)71(118)54-27-19-37-103(54)70(117)51(25-17-35-89-75(85)86)98-61(108)45(79)20-9-12-30-76/h41-54,58-59H,8-40,76-79H2,1-7H3,(H2,80,104)(H,90,109)(H,91,116)(H,92,110)(H,93,106)(H,94,105)(H,95,107)(H,96,111)(H,97,115)(H,98,108)(H,99,112)(H,100,113)(H,101,114)(H,119,120)(H4,81,82,87)(H4,83,84,88)(H4,85,86,89)/t43-,44-,45-,46-,47-,48-,49-,50-,51-,52-,53-,54-,58-,59-/m0/s1. The van der Waals surface area contributed by atoms with Gasteiger partial charge in [0.1, 0.15) is 72.5 Å². The number of amides is 15. The summed E-state index contributed by atoms with van der Waals surface area (Å²) in [6, 6.07) is -16.4. The summed E-state index contributed by atoms with van der Waals surface area (Å²) in [5.41, 5.74) is 61.9. The minimum absolute atomic E-state index is 0.00338. The zero-order valence-electron chi connectivity index (χ0n) is 70.6. The van der Waals surface area contributed by atoms with E-state index in [4.69, 9.17) is 63.1 Å². The van der Waals surface area contributed by atoms with Gasteiger partial charge in [-0.25, -0.2) is 4.79 Å². The number of nitrogens with one attached hydrogen (secondary N) is 12. The molecule has 2 aliphatic heterocycles. The van der Waals surface area contributed by atoms with Crippen LogP contribution in [0, 0.1) is 17.8 Å². The number of nitrogens with zero attached hydrogens (tertiary/aromatic N) is 5. The van der Waals surface area contributed by atoms with Crippen molar-refractivity contribution in [3.05, 3.63) is 0 Å². The summed E-state index contributed by atoms with van der Waals surface area (Å²) in [4.78, 5) is 235. The molecule has 2 saturated heterocycles. The zero-order valence-corrected chi connectivity index (χ0v) is 70.6. The number of carbonyl (C=O) groups is 16. The molecule has 0 bridgehead atoms. The average molecular weight is 1700 g/mol. The number of likely N-dealkylation sites (tertiary alicyclic amines) is 2. The predicted molar refractivity (Wildman–Crippen MR) is 447 cm³/mol. The maximum Gasteiger partial charge on any atom is 0.326 e. The number of carbonyl (C=O) groups excluding carboxylic acids is 15. The Balaban J connectivity index is 2.32. The first-order chi connectivity index (χ1) is 56.7. The molecule has 0 radical (unpaired) electrons. The molecule has 2 fully saturated rings. The lowest BCUT2D eigenvalue weighted by atomic mass is 9.97. The van der Waals surface area contributed by atoms with Gasteiger partial charge >= 0.3 is 5.97 Å². The van der Waals surface area contributed by atoms with Gasteiger partial charge in [0, 0.05) is 39.1 Å². The van der Waals surface area contributed by atoms with E-state index in [1.54, 1.807) is 41.5 Å². The van der Waals surface area contributed by atoms with Crippen molar-refractivity contribution < 1.29 is 81.8 Å². The first-order valence-electron chi connectivity index (χ1n) is 41.4. The molecule has 0 saturated carbocycles. The van der Waals surface area contributed by atoms with Crippen LogP contribution >= 0.6 is 0 Å². The van der Waals surface area contributed by atoms with Crippen LogP contribution in [0.25, 0.3) is 0 Å². The van der Waals surface area contributed by atoms with Crippen LogP contribution in [0.2, 0.25) is 0 Å². The van der Waals surface area contributed by atoms with Crippen molar-refractivity contribution in [2.75, 3.05) is 65.4 Å². The SMILES string of the molecule is CC[C@H](C)[C@H](NC(=O)[C@H](CCC(N)=O)NC(=O)CNC(=O)[C@H](CC(C)C)NC(=O)[C@H](CCCCN)NC(=O)[C@@H]1CCCN1C(=O)[C@@H]1CCCN1C(=O)[C@H](CCCN=C(N)N)NC(=O)[C@@H](N)CCCCN)C(=O)NCC(=O)N[C@@H](CCCN=C(N)N)C(=O)N[C@@H](C)C(=O)N[C@@H](CCCCN)C(=O)N[C@@H](CCCN=C(N)N)C(=O)N[C@H](C(=O)O)C(C)C. The maximum atomic E-state index is 14.6. The average Bonchev–Trinajstić information content (AvgIpc) is 1.64. The summed E-state index contributed by atoms with van der Waals surface area (Å²) in [5.74, 6) is -15.4. The maximum absolute atomic E-state index is 14.6. The van der Waals surface area contributed by atoms with Crippen LogP contribution < -0.4 is 127 Å². The molecule has 2 heterocycles. The lowest BCUT2D eigenvalue weighted by Gasteiger charge is -2.33. The normalized spacial score (nSPS) is 16.7. The molecule has 15 amide bonds. The number of hydrogen-bond donors (Lipinski definition) is 24. The van der Waals surface area contributed by atoms with E-state index in [1.807, 2.05) is 0 Å². The lowest BCUT2D eigenvalue weighted by Crippen LogP contribution is -2.59. The second-order valence-corrected chi connectivity index (χ2v) is 31.0. The van der Waals surface area contributed by atoms with Crippen molar-refractivity contribution in [2.24, 2.45) is 95.8 Å². The number of hydrogen-bond acceptors (Lipinski definition) is 23. The monoisotopic (exact) mass is 1700 g/mol. The van der Waals surface area contributed by atoms with Gasteiger partial charge in [-0.3, -0.25) is 86.9 Å². The number of guanidine groups is 3. The Labute approximate surface area is 701 Å². The number of rotatable bonds is 59. The molecule has 14 atom stereocenters. The third-order valence-corrected chi connectivity index (χ3v) is 20.2. The molecule has 0 aliphatic carbocycles. The largest absolute Gasteiger partial charge is 0.480 e. The van der Waals surface area contributed by atoms with Crippen LogP contribution in [0.3, 0.4) is 0 Å². The summed E-state index contributed by atoms with van der Waals surface area (Å²) in [6.45, 7) is 11.1. The first-order valence-corrected chi connectivity index (χ1v) is 41.4. The van der Waals surface area contributed by atoms with Crippen LogP contribution in [0.1, 0.15) is 196 Å². The fraction of sp³-hybridized carbons (Fsp3) is 0.747. The van der Waals surface area contributed by atoms with Crippen molar-refractivity contribution in [3.8, 4) is 0 Å². The molecule has 2 aliphatic rings. The van der Waals surface area contributed by atoms with E-state index in [0.29, 0.717) is 70.8 Å². The van der Waals surface area contributed by atoms with Crippen molar-refractivity contribution in [1.82, 2.24) is 73.6 Å². The summed E-state index contributed by atoms with van der Waals surface area (Å²) in [7, 11) is 0. The molecule has 0 aromatic carbocycles. The van der Waals surface area contributed by atoms with Crippen molar-refractivity contribution >= 4 is 112 Å². The molecular weight excluding hydrogens is 1570 g/mol. The van der Waals surface area contributed by atoms with Crippen LogP contribution in [0.15, 0.2) is 15.0 Å². The molecular formula is C75H138N28O17. The van der Waals surface area contributed by atoms with Gasteiger partial charge in [-0.15, -0.1) is 0 Å². The van der Waals surface area contributed by atoms with Crippen molar-refractivity contribution in [2.45, 2.75) is 275 Å². The summed E-state index contributed by atoms with van der Waals surface area (Å²) < 4.78 is 0. The van der Waals surface area contributed by atoms with E-state index < -0.39 is 211 Å². The van der Waals surface area contributed by atoms with E-state index >= 15 is 0 Å². The van der Waals surface area contributed by atoms with Gasteiger partial charge in [0.25, 0.3) is 0 Å². The van der Waals surface area contributed by atoms with Gasteiger partial charge in [-0.1, -0.05) is 54.4 Å². The fourth-order valence-corrected chi connectivity index (χ4v) is 13.3. The Kier molecular flexibility index (Phi) is 49.6. The predicted octanol–water partition coefficient (Wildman–Crippen LogP) is -7.96.